The van der Waals surface area contributed by atoms with Crippen molar-refractivity contribution >= 4 is 15.6 Å². The van der Waals surface area contributed by atoms with Gasteiger partial charge in [-0.2, -0.15) is 0 Å². The van der Waals surface area contributed by atoms with Crippen LogP contribution < -0.4 is 0 Å². The third-order valence-corrected chi connectivity index (χ3v) is 7.71. The minimum Gasteiger partial charge on any atom is -0.299 e. The molecule has 2 aliphatic rings. The summed E-state index contributed by atoms with van der Waals surface area (Å²) in [6.07, 6.45) is 7.75. The highest BCUT2D eigenvalue weighted by atomic mass is 32.2. The van der Waals surface area contributed by atoms with Gasteiger partial charge in [0.1, 0.15) is 15.6 Å². The van der Waals surface area contributed by atoms with Crippen LogP contribution in [0.3, 0.4) is 0 Å². The van der Waals surface area contributed by atoms with E-state index in [2.05, 4.69) is 20.8 Å². The minimum atomic E-state index is -2.96. The minimum absolute atomic E-state index is 0.0689. The molecule has 0 radical (unpaired) electrons. The second-order valence-corrected chi connectivity index (χ2v) is 10.4. The first kappa shape index (κ1) is 17.0. The molecule has 2 saturated carbocycles. The normalized spacial score (nSPS) is 35.7. The maximum absolute atomic E-state index is 12.5. The number of rotatable bonds is 3. The van der Waals surface area contributed by atoms with Crippen LogP contribution in [0.5, 0.6) is 0 Å². The monoisotopic (exact) mass is 314 g/mol. The summed E-state index contributed by atoms with van der Waals surface area (Å²) in [4.78, 5) is 12.5. The second-order valence-electron chi connectivity index (χ2n) is 8.04. The topological polar surface area (TPSA) is 51.2 Å². The van der Waals surface area contributed by atoms with Crippen LogP contribution in [0.4, 0.5) is 0 Å². The van der Waals surface area contributed by atoms with E-state index in [4.69, 9.17) is 0 Å². The Labute approximate surface area is 129 Å². The van der Waals surface area contributed by atoms with Crippen LogP contribution in [0, 0.1) is 23.2 Å². The maximum atomic E-state index is 12.5. The van der Waals surface area contributed by atoms with E-state index in [0.717, 1.165) is 38.5 Å². The van der Waals surface area contributed by atoms with Gasteiger partial charge in [-0.25, -0.2) is 8.42 Å². The molecule has 0 aromatic rings. The van der Waals surface area contributed by atoms with Crippen LogP contribution in [-0.4, -0.2) is 25.7 Å². The van der Waals surface area contributed by atoms with Crippen molar-refractivity contribution in [3.05, 3.63) is 0 Å². The van der Waals surface area contributed by atoms with Gasteiger partial charge in [0.15, 0.2) is 0 Å². The van der Waals surface area contributed by atoms with E-state index in [9.17, 15) is 13.2 Å². The molecule has 0 bridgehead atoms. The zero-order valence-corrected chi connectivity index (χ0v) is 14.7. The highest BCUT2D eigenvalue weighted by Crippen LogP contribution is 2.48. The Morgan fingerprint density at radius 1 is 1.10 bits per heavy atom. The molecule has 4 unspecified atom stereocenters. The molecule has 0 heterocycles. The molecule has 2 fully saturated rings. The SMILES string of the molecule is CC1CCC(C(C)(C)C2CCCC(S(C)(=O)=O)C2)C(=O)C1. The first-order chi connectivity index (χ1) is 9.62. The van der Waals surface area contributed by atoms with E-state index in [-0.39, 0.29) is 16.6 Å². The van der Waals surface area contributed by atoms with Gasteiger partial charge in [-0.15, -0.1) is 0 Å². The molecule has 2 rings (SSSR count). The smallest absolute Gasteiger partial charge is 0.150 e. The summed E-state index contributed by atoms with van der Waals surface area (Å²) < 4.78 is 23.8. The van der Waals surface area contributed by atoms with Gasteiger partial charge in [0.25, 0.3) is 0 Å². The molecule has 0 aromatic heterocycles. The van der Waals surface area contributed by atoms with Crippen molar-refractivity contribution in [2.24, 2.45) is 23.2 Å². The van der Waals surface area contributed by atoms with Gasteiger partial charge in [0.05, 0.1) is 5.25 Å². The lowest BCUT2D eigenvalue weighted by molar-refractivity contribution is -0.132. The Kier molecular flexibility index (Phi) is 4.87. The predicted octanol–water partition coefficient (Wildman–Crippen LogP) is 3.62. The number of hydrogen-bond acceptors (Lipinski definition) is 3. The lowest BCUT2D eigenvalue weighted by atomic mass is 9.59. The fraction of sp³-hybridized carbons (Fsp3) is 0.941. The van der Waals surface area contributed by atoms with Gasteiger partial charge < -0.3 is 0 Å². The van der Waals surface area contributed by atoms with Gasteiger partial charge in [-0.3, -0.25) is 4.79 Å². The lowest BCUT2D eigenvalue weighted by Gasteiger charge is -2.45. The standard InChI is InChI=1S/C17H30O3S/c1-12-8-9-15(16(18)10-12)17(2,3)13-6-5-7-14(11-13)21(4,19)20/h12-15H,5-11H2,1-4H3. The third kappa shape index (κ3) is 3.69. The summed E-state index contributed by atoms with van der Waals surface area (Å²) in [7, 11) is -2.96. The number of carbonyl (C=O) groups is 1. The Bertz CT molecular complexity index is 492. The Morgan fingerprint density at radius 2 is 1.76 bits per heavy atom. The maximum Gasteiger partial charge on any atom is 0.150 e. The van der Waals surface area contributed by atoms with Crippen molar-refractivity contribution in [1.29, 1.82) is 0 Å². The van der Waals surface area contributed by atoms with Crippen LogP contribution in [0.25, 0.3) is 0 Å². The lowest BCUT2D eigenvalue weighted by Crippen LogP contribution is -2.43. The van der Waals surface area contributed by atoms with Crippen molar-refractivity contribution in [3.8, 4) is 0 Å². The largest absolute Gasteiger partial charge is 0.299 e. The van der Waals surface area contributed by atoms with Crippen LogP contribution >= 0.6 is 0 Å². The quantitative estimate of drug-likeness (QED) is 0.799. The number of sulfone groups is 1. The number of ketones is 1. The molecule has 4 atom stereocenters. The Morgan fingerprint density at radius 3 is 2.33 bits per heavy atom. The number of Topliss-reactive ketones (excluding diaryl/α,β-unsaturated/α-hetero) is 1. The van der Waals surface area contributed by atoms with Gasteiger partial charge in [0.2, 0.25) is 0 Å². The summed E-state index contributed by atoms with van der Waals surface area (Å²) in [5, 5.41) is -0.201. The van der Waals surface area contributed by atoms with E-state index < -0.39 is 9.84 Å². The molecule has 0 saturated heterocycles. The summed E-state index contributed by atoms with van der Waals surface area (Å²) in [5.41, 5.74) is -0.0689. The van der Waals surface area contributed by atoms with Gasteiger partial charge in [0, 0.05) is 18.6 Å². The molecule has 0 aromatic carbocycles. The summed E-state index contributed by atoms with van der Waals surface area (Å²) >= 11 is 0. The van der Waals surface area contributed by atoms with Crippen LogP contribution in [-0.2, 0) is 14.6 Å². The summed E-state index contributed by atoms with van der Waals surface area (Å²) in [6, 6.07) is 0. The highest BCUT2D eigenvalue weighted by Gasteiger charge is 2.45. The first-order valence-corrected chi connectivity index (χ1v) is 10.3. The average Bonchev–Trinajstić information content (AvgIpc) is 2.37. The number of carbonyl (C=O) groups excluding carboxylic acids is 1. The zero-order valence-electron chi connectivity index (χ0n) is 13.9. The molecule has 3 nitrogen and oxygen atoms in total. The molecule has 0 aliphatic heterocycles. The van der Waals surface area contributed by atoms with E-state index in [0.29, 0.717) is 24.0 Å². The molecule has 4 heteroatoms. The predicted molar refractivity (Wildman–Crippen MR) is 85.9 cm³/mol. The Hall–Kier alpha value is -0.380. The zero-order chi connectivity index (χ0) is 15.8. The molecule has 0 N–H and O–H groups in total. The molecular weight excluding hydrogens is 284 g/mol. The van der Waals surface area contributed by atoms with Crippen LogP contribution in [0.15, 0.2) is 0 Å². The molecule has 2 aliphatic carbocycles. The van der Waals surface area contributed by atoms with Crippen molar-refractivity contribution in [2.75, 3.05) is 6.26 Å². The second kappa shape index (κ2) is 6.02. The van der Waals surface area contributed by atoms with Gasteiger partial charge >= 0.3 is 0 Å². The van der Waals surface area contributed by atoms with Crippen molar-refractivity contribution in [2.45, 2.75) is 71.0 Å². The van der Waals surface area contributed by atoms with E-state index in [1.165, 1.54) is 6.26 Å². The molecule has 21 heavy (non-hydrogen) atoms. The number of hydrogen-bond donors (Lipinski definition) is 0. The first-order valence-electron chi connectivity index (χ1n) is 8.34. The van der Waals surface area contributed by atoms with Crippen LogP contribution in [0.2, 0.25) is 0 Å². The summed E-state index contributed by atoms with van der Waals surface area (Å²) in [5.74, 6) is 1.39. The highest BCUT2D eigenvalue weighted by molar-refractivity contribution is 7.91. The van der Waals surface area contributed by atoms with Crippen molar-refractivity contribution < 1.29 is 13.2 Å². The van der Waals surface area contributed by atoms with E-state index >= 15 is 0 Å². The molecule has 0 spiro atoms. The molecule has 0 amide bonds. The average molecular weight is 314 g/mol. The van der Waals surface area contributed by atoms with Gasteiger partial charge in [-0.05, 0) is 49.4 Å². The van der Waals surface area contributed by atoms with Gasteiger partial charge in [-0.1, -0.05) is 27.2 Å². The van der Waals surface area contributed by atoms with Crippen LogP contribution in [0.1, 0.15) is 65.7 Å². The molecule has 122 valence electrons. The van der Waals surface area contributed by atoms with Crippen molar-refractivity contribution in [3.63, 3.8) is 0 Å². The summed E-state index contributed by atoms with van der Waals surface area (Å²) in [6.45, 7) is 6.54. The fourth-order valence-corrected chi connectivity index (χ4v) is 5.66. The fourth-order valence-electron chi connectivity index (χ4n) is 4.48. The van der Waals surface area contributed by atoms with E-state index in [1.807, 2.05) is 0 Å². The third-order valence-electron chi connectivity index (χ3n) is 6.07. The van der Waals surface area contributed by atoms with E-state index in [1.54, 1.807) is 0 Å². The Balaban J connectivity index is 2.13. The van der Waals surface area contributed by atoms with Crippen molar-refractivity contribution in [1.82, 2.24) is 0 Å². The molecular formula is C17H30O3S.